The summed E-state index contributed by atoms with van der Waals surface area (Å²) in [6.45, 7) is 0.585. The predicted octanol–water partition coefficient (Wildman–Crippen LogP) is 1.24. The number of primary amides is 1. The van der Waals surface area contributed by atoms with Gasteiger partial charge in [-0.1, -0.05) is 6.42 Å². The first kappa shape index (κ1) is 13.3. The molecule has 6 nitrogen and oxygen atoms in total. The van der Waals surface area contributed by atoms with E-state index in [9.17, 15) is 9.59 Å². The summed E-state index contributed by atoms with van der Waals surface area (Å²) in [5.74, 6) is -1.35. The molecule has 0 radical (unpaired) electrons. The van der Waals surface area contributed by atoms with Crippen LogP contribution in [0.5, 0.6) is 0 Å². The van der Waals surface area contributed by atoms with Crippen LogP contribution in [-0.4, -0.2) is 28.5 Å². The van der Waals surface area contributed by atoms with Crippen molar-refractivity contribution in [2.24, 2.45) is 11.1 Å². The second kappa shape index (κ2) is 5.26. The molecule has 0 spiro atoms. The summed E-state index contributed by atoms with van der Waals surface area (Å²) < 4.78 is 0. The van der Waals surface area contributed by atoms with Crippen LogP contribution in [0.1, 0.15) is 36.2 Å². The Bertz CT molecular complexity index is 498. The lowest BCUT2D eigenvalue weighted by molar-refractivity contribution is -0.141. The highest BCUT2D eigenvalue weighted by Gasteiger charge is 2.38. The van der Waals surface area contributed by atoms with Crippen molar-refractivity contribution in [1.82, 2.24) is 4.98 Å². The number of carbonyl (C=O) groups is 2. The largest absolute Gasteiger partial charge is 0.481 e. The zero-order chi connectivity index (χ0) is 13.9. The van der Waals surface area contributed by atoms with Gasteiger partial charge in [0.2, 0.25) is 0 Å². The minimum Gasteiger partial charge on any atom is -0.481 e. The number of carboxylic acids is 1. The second-order valence-corrected chi connectivity index (χ2v) is 5.07. The number of hydrogen-bond donors (Lipinski definition) is 3. The molecule has 1 aliphatic rings. The molecule has 1 amide bonds. The van der Waals surface area contributed by atoms with E-state index in [-0.39, 0.29) is 17.5 Å². The number of carboxylic acid groups (broad SMARTS) is 1. The Hall–Kier alpha value is -2.11. The van der Waals surface area contributed by atoms with Crippen molar-refractivity contribution in [2.75, 3.05) is 11.9 Å². The third-order valence-corrected chi connectivity index (χ3v) is 3.62. The smallest absolute Gasteiger partial charge is 0.303 e. The first-order valence-electron chi connectivity index (χ1n) is 6.22. The molecule has 102 valence electrons. The summed E-state index contributed by atoms with van der Waals surface area (Å²) in [6.07, 6.45) is 4.58. The number of nitrogens with one attached hydrogen (secondary N) is 1. The van der Waals surface area contributed by atoms with E-state index in [4.69, 9.17) is 10.8 Å². The van der Waals surface area contributed by atoms with Crippen LogP contribution in [0, 0.1) is 5.41 Å². The van der Waals surface area contributed by atoms with E-state index in [1.165, 1.54) is 6.20 Å². The van der Waals surface area contributed by atoms with Crippen LogP contribution >= 0.6 is 0 Å². The Kier molecular flexibility index (Phi) is 3.69. The van der Waals surface area contributed by atoms with E-state index in [0.717, 1.165) is 24.9 Å². The molecule has 0 saturated heterocycles. The minimum atomic E-state index is -0.769. The van der Waals surface area contributed by atoms with Gasteiger partial charge in [-0.2, -0.15) is 0 Å². The molecule has 0 atom stereocenters. The Morgan fingerprint density at radius 3 is 2.74 bits per heavy atom. The molecular weight excluding hydrogens is 246 g/mol. The summed E-state index contributed by atoms with van der Waals surface area (Å²) in [6, 6.07) is 3.31. The third-order valence-electron chi connectivity index (χ3n) is 3.62. The topological polar surface area (TPSA) is 105 Å². The van der Waals surface area contributed by atoms with Crippen molar-refractivity contribution in [3.8, 4) is 0 Å². The van der Waals surface area contributed by atoms with Crippen LogP contribution in [0.25, 0.3) is 0 Å². The zero-order valence-corrected chi connectivity index (χ0v) is 10.6. The van der Waals surface area contributed by atoms with Gasteiger partial charge < -0.3 is 16.2 Å². The molecule has 0 unspecified atom stereocenters. The van der Waals surface area contributed by atoms with Gasteiger partial charge in [0.15, 0.2) is 0 Å². The Morgan fingerprint density at radius 2 is 2.21 bits per heavy atom. The van der Waals surface area contributed by atoms with Gasteiger partial charge >= 0.3 is 5.97 Å². The maximum Gasteiger partial charge on any atom is 0.303 e. The highest BCUT2D eigenvalue weighted by molar-refractivity contribution is 5.91. The van der Waals surface area contributed by atoms with Crippen LogP contribution in [0.4, 0.5) is 5.69 Å². The van der Waals surface area contributed by atoms with Crippen molar-refractivity contribution >= 4 is 17.6 Å². The standard InChI is InChI=1S/C13H17N3O3/c14-12(19)10-6-9(2-5-15-10)16-8-13(3-1-4-13)7-11(17)18/h2,5-6H,1,3-4,7-8H2,(H2,14,19)(H,15,16)(H,17,18). The van der Waals surface area contributed by atoms with Crippen LogP contribution in [0.15, 0.2) is 18.3 Å². The molecule has 1 heterocycles. The van der Waals surface area contributed by atoms with Gasteiger partial charge in [-0.3, -0.25) is 14.6 Å². The van der Waals surface area contributed by atoms with Crippen LogP contribution in [-0.2, 0) is 4.79 Å². The fourth-order valence-corrected chi connectivity index (χ4v) is 2.38. The number of aliphatic carboxylic acids is 1. The van der Waals surface area contributed by atoms with Gasteiger partial charge in [-0.05, 0) is 30.4 Å². The molecule has 2 rings (SSSR count). The lowest BCUT2D eigenvalue weighted by Gasteiger charge is -2.41. The molecule has 1 aliphatic carbocycles. The number of nitrogens with two attached hydrogens (primary N) is 1. The minimum absolute atomic E-state index is 0.165. The van der Waals surface area contributed by atoms with E-state index >= 15 is 0 Å². The molecule has 1 aromatic heterocycles. The zero-order valence-electron chi connectivity index (χ0n) is 10.6. The van der Waals surface area contributed by atoms with Gasteiger partial charge in [0, 0.05) is 18.4 Å². The molecule has 1 fully saturated rings. The highest BCUT2D eigenvalue weighted by atomic mass is 16.4. The average Bonchev–Trinajstić information content (AvgIpc) is 2.32. The molecule has 0 bridgehead atoms. The van der Waals surface area contributed by atoms with Gasteiger partial charge in [0.05, 0.1) is 6.42 Å². The quantitative estimate of drug-likeness (QED) is 0.716. The predicted molar refractivity (Wildman–Crippen MR) is 69.8 cm³/mol. The molecule has 1 aromatic rings. The summed E-state index contributed by atoms with van der Waals surface area (Å²) in [7, 11) is 0. The van der Waals surface area contributed by atoms with E-state index in [1.54, 1.807) is 12.1 Å². The number of nitrogens with zero attached hydrogens (tertiary/aromatic N) is 1. The molecular formula is C13H17N3O3. The molecule has 6 heteroatoms. The van der Waals surface area contributed by atoms with E-state index in [0.29, 0.717) is 6.54 Å². The fourth-order valence-electron chi connectivity index (χ4n) is 2.38. The Balaban J connectivity index is 1.99. The maximum atomic E-state index is 11.0. The second-order valence-electron chi connectivity index (χ2n) is 5.07. The van der Waals surface area contributed by atoms with Crippen molar-refractivity contribution in [2.45, 2.75) is 25.7 Å². The normalized spacial score (nSPS) is 16.4. The number of pyridine rings is 1. The van der Waals surface area contributed by atoms with Crippen LogP contribution in [0.2, 0.25) is 0 Å². The van der Waals surface area contributed by atoms with E-state index < -0.39 is 11.9 Å². The lowest BCUT2D eigenvalue weighted by atomic mass is 9.66. The van der Waals surface area contributed by atoms with Gasteiger partial charge in [0.1, 0.15) is 5.69 Å². The SMILES string of the molecule is NC(=O)c1cc(NCC2(CC(=O)O)CCC2)ccn1. The summed E-state index contributed by atoms with van der Waals surface area (Å²) in [5.41, 5.74) is 5.93. The first-order valence-corrected chi connectivity index (χ1v) is 6.22. The number of aromatic nitrogens is 1. The fraction of sp³-hybridized carbons (Fsp3) is 0.462. The summed E-state index contributed by atoms with van der Waals surface area (Å²) in [4.78, 5) is 25.7. The molecule has 0 aromatic carbocycles. The average molecular weight is 263 g/mol. The van der Waals surface area contributed by atoms with Crippen molar-refractivity contribution in [3.05, 3.63) is 24.0 Å². The highest BCUT2D eigenvalue weighted by Crippen LogP contribution is 2.43. The Morgan fingerprint density at radius 1 is 1.47 bits per heavy atom. The molecule has 4 N–H and O–H groups in total. The maximum absolute atomic E-state index is 11.0. The molecule has 0 aliphatic heterocycles. The Labute approximate surface area is 111 Å². The number of rotatable bonds is 6. The van der Waals surface area contributed by atoms with Gasteiger partial charge in [0.25, 0.3) is 5.91 Å². The van der Waals surface area contributed by atoms with Crippen molar-refractivity contribution < 1.29 is 14.7 Å². The van der Waals surface area contributed by atoms with E-state index in [1.807, 2.05) is 0 Å². The van der Waals surface area contributed by atoms with Crippen LogP contribution < -0.4 is 11.1 Å². The van der Waals surface area contributed by atoms with Crippen molar-refractivity contribution in [1.29, 1.82) is 0 Å². The monoisotopic (exact) mass is 263 g/mol. The van der Waals surface area contributed by atoms with E-state index in [2.05, 4.69) is 10.3 Å². The number of anilines is 1. The summed E-state index contributed by atoms with van der Waals surface area (Å²) in [5, 5.41) is 12.1. The van der Waals surface area contributed by atoms with Crippen molar-refractivity contribution in [3.63, 3.8) is 0 Å². The number of amides is 1. The van der Waals surface area contributed by atoms with Gasteiger partial charge in [-0.25, -0.2) is 0 Å². The molecule has 1 saturated carbocycles. The number of carbonyl (C=O) groups excluding carboxylic acids is 1. The van der Waals surface area contributed by atoms with Crippen LogP contribution in [0.3, 0.4) is 0 Å². The first-order chi connectivity index (χ1) is 9.01. The molecule has 19 heavy (non-hydrogen) atoms. The van der Waals surface area contributed by atoms with Gasteiger partial charge in [-0.15, -0.1) is 0 Å². The summed E-state index contributed by atoms with van der Waals surface area (Å²) >= 11 is 0. The third kappa shape index (κ3) is 3.21. The number of hydrogen-bond acceptors (Lipinski definition) is 4. The lowest BCUT2D eigenvalue weighted by Crippen LogP contribution is -2.38.